The second kappa shape index (κ2) is 4.83. The SMILES string of the molecule is Nc1ncc(SCc2noc(-c3ccco3)n2)s1. The number of thioether (sulfide) groups is 1. The van der Waals surface area contributed by atoms with E-state index in [1.807, 2.05) is 0 Å². The Morgan fingerprint density at radius 2 is 2.39 bits per heavy atom. The van der Waals surface area contributed by atoms with Crippen LogP contribution >= 0.6 is 23.1 Å². The van der Waals surface area contributed by atoms with Gasteiger partial charge in [-0.3, -0.25) is 0 Å². The molecule has 6 nitrogen and oxygen atoms in total. The fourth-order valence-electron chi connectivity index (χ4n) is 1.29. The Hall–Kier alpha value is -1.80. The second-order valence-electron chi connectivity index (χ2n) is 3.30. The van der Waals surface area contributed by atoms with E-state index in [9.17, 15) is 0 Å². The molecule has 18 heavy (non-hydrogen) atoms. The molecule has 8 heteroatoms. The maximum Gasteiger partial charge on any atom is 0.293 e. The molecular formula is C10H8N4O2S2. The minimum Gasteiger partial charge on any atom is -0.459 e. The first-order chi connectivity index (χ1) is 8.81. The van der Waals surface area contributed by atoms with Crippen molar-refractivity contribution in [2.45, 2.75) is 9.96 Å². The van der Waals surface area contributed by atoms with Gasteiger partial charge in [0.15, 0.2) is 16.7 Å². The summed E-state index contributed by atoms with van der Waals surface area (Å²) in [6, 6.07) is 3.54. The molecule has 0 unspecified atom stereocenters. The summed E-state index contributed by atoms with van der Waals surface area (Å²) in [6.07, 6.45) is 3.30. The van der Waals surface area contributed by atoms with Gasteiger partial charge in [-0.05, 0) is 12.1 Å². The summed E-state index contributed by atoms with van der Waals surface area (Å²) >= 11 is 3.00. The highest BCUT2D eigenvalue weighted by Gasteiger charge is 2.11. The lowest BCUT2D eigenvalue weighted by Gasteiger charge is -1.90. The first kappa shape index (κ1) is 11.3. The van der Waals surface area contributed by atoms with Gasteiger partial charge < -0.3 is 14.7 Å². The summed E-state index contributed by atoms with van der Waals surface area (Å²) in [6.45, 7) is 0. The van der Waals surface area contributed by atoms with Crippen molar-refractivity contribution < 1.29 is 8.94 Å². The monoisotopic (exact) mass is 280 g/mol. The van der Waals surface area contributed by atoms with Gasteiger partial charge in [0.2, 0.25) is 0 Å². The van der Waals surface area contributed by atoms with Crippen molar-refractivity contribution in [1.29, 1.82) is 0 Å². The Morgan fingerprint density at radius 3 is 3.11 bits per heavy atom. The summed E-state index contributed by atoms with van der Waals surface area (Å²) in [5.74, 6) is 2.17. The Balaban J connectivity index is 1.67. The number of hydrogen-bond donors (Lipinski definition) is 1. The number of furan rings is 1. The van der Waals surface area contributed by atoms with E-state index >= 15 is 0 Å². The first-order valence-corrected chi connectivity index (χ1v) is 6.82. The van der Waals surface area contributed by atoms with Crippen molar-refractivity contribution in [2.75, 3.05) is 5.73 Å². The lowest BCUT2D eigenvalue weighted by atomic mass is 10.4. The Bertz CT molecular complexity index is 632. The highest BCUT2D eigenvalue weighted by atomic mass is 32.2. The van der Waals surface area contributed by atoms with Gasteiger partial charge in [0.25, 0.3) is 5.89 Å². The van der Waals surface area contributed by atoms with E-state index in [0.717, 1.165) is 4.21 Å². The van der Waals surface area contributed by atoms with Crippen molar-refractivity contribution >= 4 is 28.2 Å². The predicted octanol–water partition coefficient (Wildman–Crippen LogP) is 2.66. The van der Waals surface area contributed by atoms with Gasteiger partial charge in [0.1, 0.15) is 0 Å². The molecular weight excluding hydrogens is 272 g/mol. The number of nitrogens with zero attached hydrogens (tertiary/aromatic N) is 3. The van der Waals surface area contributed by atoms with Crippen molar-refractivity contribution in [2.24, 2.45) is 0 Å². The van der Waals surface area contributed by atoms with Gasteiger partial charge in [-0.25, -0.2) is 4.98 Å². The summed E-state index contributed by atoms with van der Waals surface area (Å²) < 4.78 is 11.3. The Labute approximate surface area is 110 Å². The Kier molecular flexibility index (Phi) is 3.03. The number of nitrogens with two attached hydrogens (primary N) is 1. The molecule has 3 aromatic heterocycles. The fraction of sp³-hybridized carbons (Fsp3) is 0.100. The third-order valence-corrected chi connectivity index (χ3v) is 4.06. The van der Waals surface area contributed by atoms with Gasteiger partial charge in [0, 0.05) is 0 Å². The van der Waals surface area contributed by atoms with Gasteiger partial charge in [0.05, 0.1) is 22.4 Å². The van der Waals surface area contributed by atoms with Crippen molar-refractivity contribution in [3.63, 3.8) is 0 Å². The maximum atomic E-state index is 5.55. The zero-order valence-electron chi connectivity index (χ0n) is 9.07. The van der Waals surface area contributed by atoms with E-state index in [1.165, 1.54) is 11.3 Å². The molecule has 92 valence electrons. The first-order valence-electron chi connectivity index (χ1n) is 5.02. The molecule has 0 aromatic carbocycles. The van der Waals surface area contributed by atoms with E-state index in [2.05, 4.69) is 15.1 Å². The van der Waals surface area contributed by atoms with Crippen LogP contribution in [0, 0.1) is 0 Å². The number of aromatic nitrogens is 3. The van der Waals surface area contributed by atoms with E-state index in [1.54, 1.807) is 36.4 Å². The quantitative estimate of drug-likeness (QED) is 0.734. The molecule has 0 fully saturated rings. The van der Waals surface area contributed by atoms with Crippen LogP contribution in [0.2, 0.25) is 0 Å². The molecule has 3 heterocycles. The molecule has 0 aliphatic rings. The highest BCUT2D eigenvalue weighted by Crippen LogP contribution is 2.29. The van der Waals surface area contributed by atoms with Crippen LogP contribution in [-0.4, -0.2) is 15.1 Å². The fourth-order valence-corrected chi connectivity index (χ4v) is 2.89. The molecule has 3 aromatic rings. The number of nitrogen functional groups attached to an aromatic ring is 1. The van der Waals surface area contributed by atoms with Crippen LogP contribution < -0.4 is 5.73 Å². The lowest BCUT2D eigenvalue weighted by molar-refractivity contribution is 0.411. The number of hydrogen-bond acceptors (Lipinski definition) is 8. The van der Waals surface area contributed by atoms with E-state index in [-0.39, 0.29) is 0 Å². The molecule has 0 saturated heterocycles. The smallest absolute Gasteiger partial charge is 0.293 e. The van der Waals surface area contributed by atoms with Crippen LogP contribution in [0.5, 0.6) is 0 Å². The van der Waals surface area contributed by atoms with Crippen LogP contribution in [0.1, 0.15) is 5.82 Å². The second-order valence-corrected chi connectivity index (χ2v) is 5.64. The van der Waals surface area contributed by atoms with E-state index in [4.69, 9.17) is 14.7 Å². The summed E-state index contributed by atoms with van der Waals surface area (Å²) in [4.78, 5) is 8.21. The van der Waals surface area contributed by atoms with Gasteiger partial charge >= 0.3 is 0 Å². The van der Waals surface area contributed by atoms with Gasteiger partial charge in [-0.1, -0.05) is 16.5 Å². The molecule has 2 N–H and O–H groups in total. The predicted molar refractivity (Wildman–Crippen MR) is 68.1 cm³/mol. The molecule has 0 atom stereocenters. The third kappa shape index (κ3) is 2.39. The molecule has 0 aliphatic heterocycles. The van der Waals surface area contributed by atoms with Crippen molar-refractivity contribution in [1.82, 2.24) is 15.1 Å². The molecule has 0 aliphatic carbocycles. The topological polar surface area (TPSA) is 91.0 Å². The molecule has 3 rings (SSSR count). The van der Waals surface area contributed by atoms with Crippen LogP contribution in [0.15, 0.2) is 37.7 Å². The van der Waals surface area contributed by atoms with Gasteiger partial charge in [-0.2, -0.15) is 4.98 Å². The van der Waals surface area contributed by atoms with Gasteiger partial charge in [-0.15, -0.1) is 11.8 Å². The number of rotatable bonds is 4. The molecule has 0 radical (unpaired) electrons. The summed E-state index contributed by atoms with van der Waals surface area (Å²) in [5.41, 5.74) is 5.55. The zero-order chi connectivity index (χ0) is 12.4. The van der Waals surface area contributed by atoms with Crippen molar-refractivity contribution in [3.05, 3.63) is 30.4 Å². The highest BCUT2D eigenvalue weighted by molar-refractivity contribution is 8.00. The molecule has 0 amide bonds. The van der Waals surface area contributed by atoms with E-state index in [0.29, 0.717) is 28.4 Å². The minimum atomic E-state index is 0.388. The van der Waals surface area contributed by atoms with Crippen LogP contribution in [-0.2, 0) is 5.75 Å². The summed E-state index contributed by atoms with van der Waals surface area (Å²) in [7, 11) is 0. The number of anilines is 1. The average molecular weight is 280 g/mol. The standard InChI is InChI=1S/C10H8N4O2S2/c11-10-12-4-8(18-10)17-5-7-13-9(16-14-7)6-2-1-3-15-6/h1-4H,5H2,(H2,11,12). The Morgan fingerprint density at radius 1 is 1.44 bits per heavy atom. The summed E-state index contributed by atoms with van der Waals surface area (Å²) in [5, 5.41) is 4.44. The van der Waals surface area contributed by atoms with Crippen LogP contribution in [0.3, 0.4) is 0 Å². The van der Waals surface area contributed by atoms with Crippen molar-refractivity contribution in [3.8, 4) is 11.7 Å². The lowest BCUT2D eigenvalue weighted by Crippen LogP contribution is -1.82. The zero-order valence-corrected chi connectivity index (χ0v) is 10.7. The number of thiazole rings is 1. The normalized spacial score (nSPS) is 10.9. The largest absolute Gasteiger partial charge is 0.459 e. The van der Waals surface area contributed by atoms with E-state index < -0.39 is 0 Å². The third-order valence-electron chi connectivity index (χ3n) is 2.05. The maximum absolute atomic E-state index is 5.55. The van der Waals surface area contributed by atoms with Crippen LogP contribution in [0.4, 0.5) is 5.13 Å². The average Bonchev–Trinajstić information content (AvgIpc) is 3.07. The molecule has 0 spiro atoms. The van der Waals surface area contributed by atoms with Crippen LogP contribution in [0.25, 0.3) is 11.7 Å². The molecule has 0 saturated carbocycles. The molecule has 0 bridgehead atoms. The minimum absolute atomic E-state index is 0.388.